The molecule has 0 aliphatic carbocycles. The molecule has 0 aliphatic heterocycles. The largest absolute Gasteiger partial charge is 0.269 e. The van der Waals surface area contributed by atoms with Gasteiger partial charge < -0.3 is 0 Å². The van der Waals surface area contributed by atoms with E-state index in [1.165, 1.54) is 12.1 Å². The lowest BCUT2D eigenvalue weighted by Gasteiger charge is -2.21. The van der Waals surface area contributed by atoms with Crippen LogP contribution in [0.3, 0.4) is 0 Å². The highest BCUT2D eigenvalue weighted by Gasteiger charge is 2.24. The Morgan fingerprint density at radius 3 is 1.70 bits per heavy atom. The van der Waals surface area contributed by atoms with Crippen LogP contribution in [0.4, 0.5) is 5.69 Å². The Balaban J connectivity index is 1.81. The molecule has 2 aromatic heterocycles. The second kappa shape index (κ2) is 6.81. The second-order valence-electron chi connectivity index (χ2n) is 7.32. The lowest BCUT2D eigenvalue weighted by molar-refractivity contribution is -0.384. The normalized spacial score (nSPS) is 11.6. The minimum atomic E-state index is -0.389. The standard InChI is InChI=1S/C23H19N5O2/c1-15-19-7-3-5-9-21(19)26(24-15)23(17-11-13-18(14-12-17)28(29)30)27-22-10-6-4-8-20(22)16(2)25-27/h3-14,23H,1-2H3. The number of nitrogens with zero attached hydrogens (tertiary/aromatic N) is 5. The van der Waals surface area contributed by atoms with Crippen LogP contribution in [-0.2, 0) is 0 Å². The molecule has 5 rings (SSSR count). The van der Waals surface area contributed by atoms with Crippen LogP contribution in [0.25, 0.3) is 21.8 Å². The molecule has 148 valence electrons. The molecular formula is C23H19N5O2. The fourth-order valence-corrected chi connectivity index (χ4v) is 4.02. The molecule has 0 saturated carbocycles. The summed E-state index contributed by atoms with van der Waals surface area (Å²) >= 11 is 0. The fourth-order valence-electron chi connectivity index (χ4n) is 4.02. The third-order valence-electron chi connectivity index (χ3n) is 5.46. The van der Waals surface area contributed by atoms with Crippen LogP contribution in [0.1, 0.15) is 23.1 Å². The monoisotopic (exact) mass is 397 g/mol. The topological polar surface area (TPSA) is 78.8 Å². The summed E-state index contributed by atoms with van der Waals surface area (Å²) in [5.74, 6) is 0. The highest BCUT2D eigenvalue weighted by Crippen LogP contribution is 2.31. The number of aromatic nitrogens is 4. The van der Waals surface area contributed by atoms with Crippen LogP contribution in [0.15, 0.2) is 72.8 Å². The van der Waals surface area contributed by atoms with Crippen LogP contribution in [0.2, 0.25) is 0 Å². The number of nitro groups is 1. The van der Waals surface area contributed by atoms with Crippen molar-refractivity contribution in [3.8, 4) is 0 Å². The minimum Gasteiger partial charge on any atom is -0.258 e. The molecule has 7 heteroatoms. The van der Waals surface area contributed by atoms with Crippen molar-refractivity contribution in [1.29, 1.82) is 0 Å². The van der Waals surface area contributed by atoms with E-state index in [2.05, 4.69) is 0 Å². The van der Waals surface area contributed by atoms with Crippen molar-refractivity contribution in [2.75, 3.05) is 0 Å². The number of rotatable bonds is 4. The van der Waals surface area contributed by atoms with Gasteiger partial charge in [-0.1, -0.05) is 36.4 Å². The molecule has 0 aliphatic rings. The van der Waals surface area contributed by atoms with E-state index < -0.39 is 0 Å². The molecule has 7 nitrogen and oxygen atoms in total. The summed E-state index contributed by atoms with van der Waals surface area (Å²) in [5, 5.41) is 23.0. The lowest BCUT2D eigenvalue weighted by Crippen LogP contribution is -2.22. The number of benzene rings is 3. The van der Waals surface area contributed by atoms with Gasteiger partial charge in [0.15, 0.2) is 6.17 Å². The van der Waals surface area contributed by atoms with Crippen LogP contribution in [0, 0.1) is 24.0 Å². The van der Waals surface area contributed by atoms with Crippen LogP contribution in [-0.4, -0.2) is 24.5 Å². The highest BCUT2D eigenvalue weighted by atomic mass is 16.6. The molecule has 0 bridgehead atoms. The third-order valence-corrected chi connectivity index (χ3v) is 5.46. The maximum absolute atomic E-state index is 11.1. The summed E-state index contributed by atoms with van der Waals surface area (Å²) in [6.45, 7) is 3.97. The van der Waals surface area contributed by atoms with E-state index in [1.54, 1.807) is 12.1 Å². The molecule has 0 spiro atoms. The van der Waals surface area contributed by atoms with E-state index in [4.69, 9.17) is 10.2 Å². The molecule has 0 unspecified atom stereocenters. The summed E-state index contributed by atoms with van der Waals surface area (Å²) < 4.78 is 3.90. The van der Waals surface area contributed by atoms with E-state index in [0.29, 0.717) is 0 Å². The zero-order chi connectivity index (χ0) is 20.8. The molecule has 0 N–H and O–H groups in total. The van der Waals surface area contributed by atoms with Gasteiger partial charge in [-0.25, -0.2) is 9.36 Å². The summed E-state index contributed by atoms with van der Waals surface area (Å²) in [7, 11) is 0. The van der Waals surface area contributed by atoms with Crippen LogP contribution < -0.4 is 0 Å². The van der Waals surface area contributed by atoms with Crippen molar-refractivity contribution in [3.05, 3.63) is 99.9 Å². The van der Waals surface area contributed by atoms with Crippen molar-refractivity contribution in [1.82, 2.24) is 19.6 Å². The maximum Gasteiger partial charge on any atom is 0.269 e. The Kier molecular flexibility index (Phi) is 4.10. The smallest absolute Gasteiger partial charge is 0.258 e. The molecule has 5 aromatic rings. The molecule has 0 amide bonds. The van der Waals surface area contributed by atoms with Gasteiger partial charge in [0.05, 0.1) is 27.3 Å². The Hall–Kier alpha value is -4.00. The van der Waals surface area contributed by atoms with E-state index >= 15 is 0 Å². The zero-order valence-electron chi connectivity index (χ0n) is 16.6. The van der Waals surface area contributed by atoms with E-state index in [0.717, 1.165) is 38.8 Å². The first kappa shape index (κ1) is 18.1. The SMILES string of the molecule is Cc1nn(C(c2ccc([N+](=O)[O-])cc2)n2nc(C)c3ccccc32)c2ccccc12. The number of aryl methyl sites for hydroxylation is 2. The Bertz CT molecular complexity index is 1320. The average Bonchev–Trinajstić information content (AvgIpc) is 3.27. The number of hydrogen-bond donors (Lipinski definition) is 0. The van der Waals surface area contributed by atoms with Crippen molar-refractivity contribution < 1.29 is 4.92 Å². The Morgan fingerprint density at radius 1 is 0.767 bits per heavy atom. The summed E-state index contributed by atoms with van der Waals surface area (Å²) in [5.41, 5.74) is 4.73. The minimum absolute atomic E-state index is 0.0560. The van der Waals surface area contributed by atoms with Gasteiger partial charge in [-0.05, 0) is 43.7 Å². The lowest BCUT2D eigenvalue weighted by atomic mass is 10.1. The summed E-state index contributed by atoms with van der Waals surface area (Å²) in [4.78, 5) is 10.8. The van der Waals surface area contributed by atoms with Gasteiger partial charge in [0.25, 0.3) is 5.69 Å². The quantitative estimate of drug-likeness (QED) is 0.316. The van der Waals surface area contributed by atoms with Gasteiger partial charge in [-0.15, -0.1) is 0 Å². The highest BCUT2D eigenvalue weighted by molar-refractivity contribution is 5.83. The average molecular weight is 397 g/mol. The first-order chi connectivity index (χ1) is 14.5. The fraction of sp³-hybridized carbons (Fsp3) is 0.130. The number of hydrogen-bond acceptors (Lipinski definition) is 4. The second-order valence-corrected chi connectivity index (χ2v) is 7.32. The number of fused-ring (bicyclic) bond motifs is 2. The molecule has 0 saturated heterocycles. The van der Waals surface area contributed by atoms with Crippen molar-refractivity contribution in [3.63, 3.8) is 0 Å². The van der Waals surface area contributed by atoms with Gasteiger partial charge in [0, 0.05) is 22.9 Å². The summed E-state index contributed by atoms with van der Waals surface area (Å²) in [6, 6.07) is 22.7. The number of para-hydroxylation sites is 2. The van der Waals surface area contributed by atoms with Crippen molar-refractivity contribution >= 4 is 27.5 Å². The molecule has 3 aromatic carbocycles. The molecule has 30 heavy (non-hydrogen) atoms. The van der Waals surface area contributed by atoms with Gasteiger partial charge in [0.2, 0.25) is 0 Å². The van der Waals surface area contributed by atoms with Gasteiger partial charge in [0.1, 0.15) is 0 Å². The van der Waals surface area contributed by atoms with Crippen molar-refractivity contribution in [2.45, 2.75) is 20.0 Å². The van der Waals surface area contributed by atoms with E-state index in [-0.39, 0.29) is 16.8 Å². The molecule has 0 radical (unpaired) electrons. The van der Waals surface area contributed by atoms with Gasteiger partial charge in [-0.3, -0.25) is 10.1 Å². The van der Waals surface area contributed by atoms with Crippen LogP contribution in [0.5, 0.6) is 0 Å². The maximum atomic E-state index is 11.1. The predicted molar refractivity (Wildman–Crippen MR) is 116 cm³/mol. The molecule has 2 heterocycles. The Morgan fingerprint density at radius 2 is 1.23 bits per heavy atom. The summed E-state index contributed by atoms with van der Waals surface area (Å²) in [6.07, 6.45) is -0.386. The zero-order valence-corrected chi connectivity index (χ0v) is 16.6. The Labute approximate surface area is 172 Å². The number of non-ortho nitro benzene ring substituents is 1. The molecule has 0 fully saturated rings. The van der Waals surface area contributed by atoms with Gasteiger partial charge in [-0.2, -0.15) is 10.2 Å². The van der Waals surface area contributed by atoms with E-state index in [9.17, 15) is 10.1 Å². The van der Waals surface area contributed by atoms with Crippen LogP contribution >= 0.6 is 0 Å². The third kappa shape index (κ3) is 2.75. The molecular weight excluding hydrogens is 378 g/mol. The first-order valence-corrected chi connectivity index (χ1v) is 9.66. The predicted octanol–water partition coefficient (Wildman–Crippen LogP) is 5.01. The van der Waals surface area contributed by atoms with Gasteiger partial charge >= 0.3 is 0 Å². The molecule has 0 atom stereocenters. The first-order valence-electron chi connectivity index (χ1n) is 9.66. The number of nitro benzene ring substituents is 1. The van der Waals surface area contributed by atoms with E-state index in [1.807, 2.05) is 71.7 Å². The van der Waals surface area contributed by atoms with Crippen molar-refractivity contribution in [2.24, 2.45) is 0 Å².